The van der Waals surface area contributed by atoms with E-state index in [1.165, 1.54) is 38.6 Å². The van der Waals surface area contributed by atoms with Gasteiger partial charge < -0.3 is 9.47 Å². The number of benzene rings is 2. The fourth-order valence-electron chi connectivity index (χ4n) is 2.08. The van der Waals surface area contributed by atoms with E-state index in [9.17, 15) is 14.9 Å². The van der Waals surface area contributed by atoms with Gasteiger partial charge in [-0.15, -0.1) is 0 Å². The zero-order valence-electron chi connectivity index (χ0n) is 14.5. The predicted octanol–water partition coefficient (Wildman–Crippen LogP) is 3.61. The van der Waals surface area contributed by atoms with Crippen molar-refractivity contribution in [1.82, 2.24) is 5.43 Å². The maximum atomic E-state index is 12.1. The third-order valence-corrected chi connectivity index (χ3v) is 3.61. The van der Waals surface area contributed by atoms with Gasteiger partial charge in [0.25, 0.3) is 11.6 Å². The Morgan fingerprint density at radius 2 is 1.81 bits per heavy atom. The first kappa shape index (κ1) is 19.9. The SMILES string of the molecule is COc1ccc(C(=O)N/N=C/C(Cl)=C/c2ccc([N+](=O)[O-])cc2)cc1OC. The average molecular weight is 390 g/mol. The van der Waals surface area contributed by atoms with Gasteiger partial charge in [0.2, 0.25) is 0 Å². The van der Waals surface area contributed by atoms with Crippen molar-refractivity contribution in [2.75, 3.05) is 14.2 Å². The molecule has 9 heteroatoms. The van der Waals surface area contributed by atoms with Crippen LogP contribution in [0.1, 0.15) is 15.9 Å². The van der Waals surface area contributed by atoms with Crippen LogP contribution in [-0.2, 0) is 0 Å². The maximum Gasteiger partial charge on any atom is 0.271 e. The Morgan fingerprint density at radius 1 is 1.15 bits per heavy atom. The van der Waals surface area contributed by atoms with E-state index in [2.05, 4.69) is 10.5 Å². The molecule has 140 valence electrons. The number of nitrogens with zero attached hydrogens (tertiary/aromatic N) is 2. The molecule has 2 aromatic rings. The maximum absolute atomic E-state index is 12.1. The lowest BCUT2D eigenvalue weighted by atomic mass is 10.2. The van der Waals surface area contributed by atoms with Crippen molar-refractivity contribution in [1.29, 1.82) is 0 Å². The minimum absolute atomic E-state index is 0.0147. The van der Waals surface area contributed by atoms with Crippen molar-refractivity contribution in [2.24, 2.45) is 5.10 Å². The van der Waals surface area contributed by atoms with E-state index in [0.29, 0.717) is 22.6 Å². The minimum atomic E-state index is -0.486. The quantitative estimate of drug-likeness (QED) is 0.442. The van der Waals surface area contributed by atoms with Crippen LogP contribution in [0.25, 0.3) is 6.08 Å². The van der Waals surface area contributed by atoms with Crippen LogP contribution in [0.15, 0.2) is 52.6 Å². The van der Waals surface area contributed by atoms with E-state index in [1.807, 2.05) is 0 Å². The summed E-state index contributed by atoms with van der Waals surface area (Å²) in [5.41, 5.74) is 3.32. The highest BCUT2D eigenvalue weighted by Gasteiger charge is 2.10. The van der Waals surface area contributed by atoms with Gasteiger partial charge in [-0.1, -0.05) is 11.6 Å². The summed E-state index contributed by atoms with van der Waals surface area (Å²) >= 11 is 6.02. The van der Waals surface area contributed by atoms with Crippen LogP contribution >= 0.6 is 11.6 Å². The van der Waals surface area contributed by atoms with Crippen LogP contribution in [0.3, 0.4) is 0 Å². The second kappa shape index (κ2) is 9.35. The first-order valence-corrected chi connectivity index (χ1v) is 7.99. The zero-order chi connectivity index (χ0) is 19.8. The van der Waals surface area contributed by atoms with E-state index in [4.69, 9.17) is 21.1 Å². The first-order chi connectivity index (χ1) is 12.9. The molecule has 0 atom stereocenters. The van der Waals surface area contributed by atoms with Gasteiger partial charge in [0.1, 0.15) is 0 Å². The molecule has 0 aromatic heterocycles. The van der Waals surface area contributed by atoms with Gasteiger partial charge in [-0.2, -0.15) is 5.10 Å². The Bertz CT molecular complexity index is 894. The number of allylic oxidation sites excluding steroid dienone is 1. The summed E-state index contributed by atoms with van der Waals surface area (Å²) < 4.78 is 10.3. The van der Waals surface area contributed by atoms with Crippen LogP contribution in [-0.4, -0.2) is 31.3 Å². The number of hydrogen-bond donors (Lipinski definition) is 1. The fourth-order valence-corrected chi connectivity index (χ4v) is 2.26. The Balaban J connectivity index is 2.01. The Morgan fingerprint density at radius 3 is 2.41 bits per heavy atom. The topological polar surface area (TPSA) is 103 Å². The van der Waals surface area contributed by atoms with Crippen molar-refractivity contribution < 1.29 is 19.2 Å². The second-order valence-electron chi connectivity index (χ2n) is 5.15. The molecule has 0 fully saturated rings. The number of methoxy groups -OCH3 is 2. The summed E-state index contributed by atoms with van der Waals surface area (Å²) in [6, 6.07) is 10.5. The smallest absolute Gasteiger partial charge is 0.271 e. The summed E-state index contributed by atoms with van der Waals surface area (Å²) in [4.78, 5) is 22.2. The summed E-state index contributed by atoms with van der Waals surface area (Å²) in [6.07, 6.45) is 2.80. The van der Waals surface area contributed by atoms with Gasteiger partial charge in [-0.05, 0) is 42.0 Å². The van der Waals surface area contributed by atoms with Crippen LogP contribution in [0.5, 0.6) is 11.5 Å². The molecule has 0 saturated heterocycles. The molecule has 0 heterocycles. The van der Waals surface area contributed by atoms with Gasteiger partial charge >= 0.3 is 0 Å². The molecule has 0 radical (unpaired) electrons. The predicted molar refractivity (Wildman–Crippen MR) is 102 cm³/mol. The van der Waals surface area contributed by atoms with Gasteiger partial charge in [0.05, 0.1) is 30.4 Å². The highest BCUT2D eigenvalue weighted by atomic mass is 35.5. The lowest BCUT2D eigenvalue weighted by molar-refractivity contribution is -0.384. The van der Waals surface area contributed by atoms with Crippen LogP contribution < -0.4 is 14.9 Å². The van der Waals surface area contributed by atoms with Gasteiger partial charge in [-0.3, -0.25) is 14.9 Å². The van der Waals surface area contributed by atoms with Gasteiger partial charge in [-0.25, -0.2) is 5.43 Å². The number of rotatable bonds is 7. The standard InChI is InChI=1S/C18H16ClN3O5/c1-26-16-8-5-13(10-17(16)27-2)18(23)21-20-11-14(19)9-12-3-6-15(7-4-12)22(24)25/h3-11H,1-2H3,(H,21,23)/b14-9-,20-11+. The molecule has 2 rings (SSSR count). The Labute approximate surface area is 160 Å². The lowest BCUT2D eigenvalue weighted by Crippen LogP contribution is -2.17. The summed E-state index contributed by atoms with van der Waals surface area (Å²) in [7, 11) is 2.97. The summed E-state index contributed by atoms with van der Waals surface area (Å²) in [5, 5.41) is 14.6. The molecule has 1 N–H and O–H groups in total. The third-order valence-electron chi connectivity index (χ3n) is 3.41. The number of amides is 1. The number of carbonyl (C=O) groups excluding carboxylic acids is 1. The van der Waals surface area contributed by atoms with Crippen molar-refractivity contribution in [3.05, 3.63) is 68.7 Å². The molecule has 0 saturated carbocycles. The number of nitro benzene ring substituents is 1. The number of carbonyl (C=O) groups is 1. The van der Waals surface area contributed by atoms with Crippen molar-refractivity contribution >= 4 is 35.5 Å². The molecule has 0 aliphatic carbocycles. The van der Waals surface area contributed by atoms with Crippen LogP contribution in [0, 0.1) is 10.1 Å². The molecule has 2 aromatic carbocycles. The molecule has 1 amide bonds. The first-order valence-electron chi connectivity index (χ1n) is 7.61. The monoisotopic (exact) mass is 389 g/mol. The molecular weight excluding hydrogens is 374 g/mol. The molecule has 0 aliphatic rings. The molecule has 0 spiro atoms. The van der Waals surface area contributed by atoms with Gasteiger partial charge in [0, 0.05) is 17.7 Å². The molecule has 0 bridgehead atoms. The van der Waals surface area contributed by atoms with Crippen LogP contribution in [0.2, 0.25) is 0 Å². The number of halogens is 1. The van der Waals surface area contributed by atoms with Crippen molar-refractivity contribution in [3.63, 3.8) is 0 Å². The van der Waals surface area contributed by atoms with E-state index in [-0.39, 0.29) is 10.7 Å². The third kappa shape index (κ3) is 5.55. The molecule has 27 heavy (non-hydrogen) atoms. The number of hydrogen-bond acceptors (Lipinski definition) is 6. The molecular formula is C18H16ClN3O5. The fraction of sp³-hybridized carbons (Fsp3) is 0.111. The van der Waals surface area contributed by atoms with E-state index >= 15 is 0 Å². The van der Waals surface area contributed by atoms with E-state index in [1.54, 1.807) is 30.3 Å². The number of hydrazone groups is 1. The average Bonchev–Trinajstić information content (AvgIpc) is 2.67. The second-order valence-corrected chi connectivity index (χ2v) is 5.58. The van der Waals surface area contributed by atoms with E-state index in [0.717, 1.165) is 0 Å². The molecule has 8 nitrogen and oxygen atoms in total. The normalized spacial score (nSPS) is 11.3. The van der Waals surface area contributed by atoms with Gasteiger partial charge in [0.15, 0.2) is 11.5 Å². The van der Waals surface area contributed by atoms with Crippen molar-refractivity contribution in [2.45, 2.75) is 0 Å². The van der Waals surface area contributed by atoms with Crippen molar-refractivity contribution in [3.8, 4) is 11.5 Å². The summed E-state index contributed by atoms with van der Waals surface area (Å²) in [6.45, 7) is 0. The minimum Gasteiger partial charge on any atom is -0.493 e. The number of nitro groups is 1. The number of ether oxygens (including phenoxy) is 2. The molecule has 0 aliphatic heterocycles. The Kier molecular flexibility index (Phi) is 6.90. The number of non-ortho nitro benzene ring substituents is 1. The lowest BCUT2D eigenvalue weighted by Gasteiger charge is -2.08. The highest BCUT2D eigenvalue weighted by molar-refractivity contribution is 6.41. The summed E-state index contributed by atoms with van der Waals surface area (Å²) in [5.74, 6) is 0.476. The highest BCUT2D eigenvalue weighted by Crippen LogP contribution is 2.27. The zero-order valence-corrected chi connectivity index (χ0v) is 15.3. The number of nitrogens with one attached hydrogen (secondary N) is 1. The van der Waals surface area contributed by atoms with E-state index < -0.39 is 10.8 Å². The molecule has 0 unspecified atom stereocenters. The Hall–Kier alpha value is -3.39. The largest absolute Gasteiger partial charge is 0.493 e. The van der Waals surface area contributed by atoms with Crippen LogP contribution in [0.4, 0.5) is 5.69 Å².